The average Bonchev–Trinajstić information content (AvgIpc) is 2.35. The predicted molar refractivity (Wildman–Crippen MR) is 63.6 cm³/mol. The van der Waals surface area contributed by atoms with E-state index in [2.05, 4.69) is 5.32 Å². The van der Waals surface area contributed by atoms with Crippen LogP contribution in [0.15, 0.2) is 24.3 Å². The van der Waals surface area contributed by atoms with Crippen LogP contribution < -0.4 is 15.8 Å². The summed E-state index contributed by atoms with van der Waals surface area (Å²) in [6.07, 6.45) is -4.43. The van der Waals surface area contributed by atoms with Crippen LogP contribution in [0.2, 0.25) is 0 Å². The van der Waals surface area contributed by atoms with Gasteiger partial charge in [-0.1, -0.05) is 6.07 Å². The van der Waals surface area contributed by atoms with Crippen LogP contribution in [0, 0.1) is 0 Å². The van der Waals surface area contributed by atoms with Crippen LogP contribution in [0.1, 0.15) is 12.5 Å². The summed E-state index contributed by atoms with van der Waals surface area (Å²) in [5, 5.41) is 2.53. The minimum atomic E-state index is -4.43. The third kappa shape index (κ3) is 5.17. The Hall–Kier alpha value is -1.76. The second-order valence-corrected chi connectivity index (χ2v) is 4.02. The molecule has 1 atom stereocenters. The zero-order chi connectivity index (χ0) is 14.5. The first-order valence-corrected chi connectivity index (χ1v) is 5.62. The van der Waals surface area contributed by atoms with E-state index in [0.717, 1.165) is 12.1 Å². The van der Waals surface area contributed by atoms with Crippen LogP contribution in [0.25, 0.3) is 0 Å². The van der Waals surface area contributed by atoms with Crippen molar-refractivity contribution in [2.45, 2.75) is 19.1 Å². The van der Waals surface area contributed by atoms with Gasteiger partial charge in [0.05, 0.1) is 5.56 Å². The highest BCUT2D eigenvalue weighted by Gasteiger charge is 2.30. The number of hydrogen-bond acceptors (Lipinski definition) is 3. The largest absolute Gasteiger partial charge is 0.484 e. The molecule has 0 unspecified atom stereocenters. The third-order valence-electron chi connectivity index (χ3n) is 2.29. The molecular weight excluding hydrogens is 261 g/mol. The summed E-state index contributed by atoms with van der Waals surface area (Å²) in [4.78, 5) is 11.4. The molecule has 0 bridgehead atoms. The normalized spacial score (nSPS) is 12.9. The maximum absolute atomic E-state index is 12.4. The lowest BCUT2D eigenvalue weighted by molar-refractivity contribution is -0.137. The Kier molecular flexibility index (Phi) is 5.17. The summed E-state index contributed by atoms with van der Waals surface area (Å²) < 4.78 is 42.3. The standard InChI is InChI=1S/C12H15F3N2O2/c1-8(6-16)17-11(18)7-19-10-4-2-3-9(5-10)12(13,14)15/h2-5,8H,6-7,16H2,1H3,(H,17,18)/t8-/m0/s1. The van der Waals surface area contributed by atoms with Gasteiger partial charge in [0.25, 0.3) is 5.91 Å². The number of amides is 1. The summed E-state index contributed by atoms with van der Waals surface area (Å²) in [5.74, 6) is -0.444. The number of carbonyl (C=O) groups excluding carboxylic acids is 1. The van der Waals surface area contributed by atoms with Crippen LogP contribution >= 0.6 is 0 Å². The van der Waals surface area contributed by atoms with Crippen molar-refractivity contribution in [3.63, 3.8) is 0 Å². The Labute approximate surface area is 108 Å². The van der Waals surface area contributed by atoms with Crippen molar-refractivity contribution in [1.29, 1.82) is 0 Å². The lowest BCUT2D eigenvalue weighted by Crippen LogP contribution is -2.40. The lowest BCUT2D eigenvalue weighted by atomic mass is 10.2. The van der Waals surface area contributed by atoms with E-state index in [-0.39, 0.29) is 24.9 Å². The zero-order valence-corrected chi connectivity index (χ0v) is 10.3. The smallest absolute Gasteiger partial charge is 0.416 e. The average molecular weight is 276 g/mol. The van der Waals surface area contributed by atoms with Gasteiger partial charge in [0, 0.05) is 12.6 Å². The van der Waals surface area contributed by atoms with E-state index in [9.17, 15) is 18.0 Å². The maximum Gasteiger partial charge on any atom is 0.416 e. The van der Waals surface area contributed by atoms with Gasteiger partial charge in [-0.05, 0) is 25.1 Å². The van der Waals surface area contributed by atoms with E-state index in [1.165, 1.54) is 12.1 Å². The molecule has 1 aromatic rings. The Bertz CT molecular complexity index is 435. The minimum Gasteiger partial charge on any atom is -0.484 e. The summed E-state index contributed by atoms with van der Waals surface area (Å²) >= 11 is 0. The number of benzene rings is 1. The van der Waals surface area contributed by atoms with Crippen LogP contribution in [-0.2, 0) is 11.0 Å². The van der Waals surface area contributed by atoms with Gasteiger partial charge in [-0.3, -0.25) is 4.79 Å². The lowest BCUT2D eigenvalue weighted by Gasteiger charge is -2.13. The van der Waals surface area contributed by atoms with Crippen molar-refractivity contribution in [1.82, 2.24) is 5.32 Å². The molecule has 0 radical (unpaired) electrons. The quantitative estimate of drug-likeness (QED) is 0.857. The van der Waals surface area contributed by atoms with Gasteiger partial charge in [-0.2, -0.15) is 13.2 Å². The Morgan fingerprint density at radius 1 is 1.47 bits per heavy atom. The van der Waals surface area contributed by atoms with Gasteiger partial charge in [0.15, 0.2) is 6.61 Å². The topological polar surface area (TPSA) is 64.3 Å². The number of nitrogens with one attached hydrogen (secondary N) is 1. The Morgan fingerprint density at radius 3 is 2.74 bits per heavy atom. The number of carbonyl (C=O) groups is 1. The second-order valence-electron chi connectivity index (χ2n) is 4.02. The fourth-order valence-corrected chi connectivity index (χ4v) is 1.29. The summed E-state index contributed by atoms with van der Waals surface area (Å²) in [5.41, 5.74) is 4.50. The van der Waals surface area contributed by atoms with E-state index >= 15 is 0 Å². The molecule has 0 spiro atoms. The van der Waals surface area contributed by atoms with Gasteiger partial charge >= 0.3 is 6.18 Å². The second kappa shape index (κ2) is 6.42. The Morgan fingerprint density at radius 2 is 2.16 bits per heavy atom. The number of hydrogen-bond donors (Lipinski definition) is 2. The number of alkyl halides is 3. The van der Waals surface area contributed by atoms with Crippen LogP contribution in [0.4, 0.5) is 13.2 Å². The van der Waals surface area contributed by atoms with E-state index in [1.54, 1.807) is 6.92 Å². The SMILES string of the molecule is C[C@@H](CN)NC(=O)COc1cccc(C(F)(F)F)c1. The molecule has 0 aliphatic heterocycles. The van der Waals surface area contributed by atoms with Gasteiger partial charge < -0.3 is 15.8 Å². The summed E-state index contributed by atoms with van der Waals surface area (Å²) in [6, 6.07) is 4.15. The molecule has 3 N–H and O–H groups in total. The molecule has 0 saturated heterocycles. The van der Waals surface area contributed by atoms with Gasteiger partial charge in [-0.15, -0.1) is 0 Å². The summed E-state index contributed by atoms with van der Waals surface area (Å²) in [7, 11) is 0. The fraction of sp³-hybridized carbons (Fsp3) is 0.417. The monoisotopic (exact) mass is 276 g/mol. The van der Waals surface area contributed by atoms with Gasteiger partial charge in [0.2, 0.25) is 0 Å². The van der Waals surface area contributed by atoms with E-state index < -0.39 is 17.6 Å². The number of rotatable bonds is 5. The van der Waals surface area contributed by atoms with E-state index in [4.69, 9.17) is 10.5 Å². The van der Waals surface area contributed by atoms with E-state index in [0.29, 0.717) is 0 Å². The third-order valence-corrected chi connectivity index (χ3v) is 2.29. The molecule has 0 aliphatic rings. The highest BCUT2D eigenvalue weighted by molar-refractivity contribution is 5.77. The maximum atomic E-state index is 12.4. The van der Waals surface area contributed by atoms with Gasteiger partial charge in [0.1, 0.15) is 5.75 Å². The number of ether oxygens (including phenoxy) is 1. The van der Waals surface area contributed by atoms with Crippen molar-refractivity contribution in [2.75, 3.05) is 13.2 Å². The molecule has 0 aliphatic carbocycles. The highest BCUT2D eigenvalue weighted by Crippen LogP contribution is 2.31. The van der Waals surface area contributed by atoms with Crippen molar-refractivity contribution >= 4 is 5.91 Å². The van der Waals surface area contributed by atoms with E-state index in [1.807, 2.05) is 0 Å². The predicted octanol–water partition coefficient (Wildman–Crippen LogP) is 1.55. The molecule has 1 aromatic carbocycles. The molecule has 4 nitrogen and oxygen atoms in total. The molecule has 1 amide bonds. The van der Waals surface area contributed by atoms with Crippen molar-refractivity contribution in [3.05, 3.63) is 29.8 Å². The Balaban J connectivity index is 2.56. The first-order valence-electron chi connectivity index (χ1n) is 5.62. The zero-order valence-electron chi connectivity index (χ0n) is 10.3. The van der Waals surface area contributed by atoms with Crippen LogP contribution in [0.3, 0.4) is 0 Å². The molecule has 19 heavy (non-hydrogen) atoms. The summed E-state index contributed by atoms with van der Waals surface area (Å²) in [6.45, 7) is 1.63. The first kappa shape index (κ1) is 15.3. The highest BCUT2D eigenvalue weighted by atomic mass is 19.4. The van der Waals surface area contributed by atoms with Gasteiger partial charge in [-0.25, -0.2) is 0 Å². The van der Waals surface area contributed by atoms with Crippen molar-refractivity contribution in [2.24, 2.45) is 5.73 Å². The van der Waals surface area contributed by atoms with Crippen LogP contribution in [0.5, 0.6) is 5.75 Å². The molecule has 106 valence electrons. The molecule has 0 heterocycles. The van der Waals surface area contributed by atoms with Crippen LogP contribution in [-0.4, -0.2) is 25.1 Å². The molecule has 0 aromatic heterocycles. The fourth-order valence-electron chi connectivity index (χ4n) is 1.29. The molecular formula is C12H15F3N2O2. The van der Waals surface area contributed by atoms with Crippen molar-refractivity contribution < 1.29 is 22.7 Å². The minimum absolute atomic E-state index is 0.00891. The molecule has 1 rings (SSSR count). The molecule has 7 heteroatoms. The first-order chi connectivity index (χ1) is 8.82. The van der Waals surface area contributed by atoms with Crippen molar-refractivity contribution in [3.8, 4) is 5.75 Å². The molecule has 0 saturated carbocycles. The molecule has 0 fully saturated rings. The number of halogens is 3. The number of nitrogens with two attached hydrogens (primary N) is 1.